The van der Waals surface area contributed by atoms with Gasteiger partial charge in [-0.25, -0.2) is 13.9 Å². The Labute approximate surface area is 83.8 Å². The Hall–Kier alpha value is -2.24. The van der Waals surface area contributed by atoms with Crippen molar-refractivity contribution in [3.63, 3.8) is 0 Å². The van der Waals surface area contributed by atoms with Crippen LogP contribution in [0.1, 0.15) is 10.4 Å². The molecule has 0 saturated carbocycles. The first-order valence-corrected chi connectivity index (χ1v) is 4.08. The highest BCUT2D eigenvalue weighted by atomic mass is 19.1. The van der Waals surface area contributed by atoms with Crippen LogP contribution in [0.3, 0.4) is 0 Å². The molecule has 0 amide bonds. The predicted molar refractivity (Wildman–Crippen MR) is 48.3 cm³/mol. The van der Waals surface area contributed by atoms with Crippen LogP contribution in [0.2, 0.25) is 0 Å². The monoisotopic (exact) mass is 207 g/mol. The number of carbonyl (C=O) groups is 1. The molecule has 0 atom stereocenters. The molecular formula is C9H6FN3O2. The van der Waals surface area contributed by atoms with Gasteiger partial charge in [0.2, 0.25) is 0 Å². The van der Waals surface area contributed by atoms with Crippen molar-refractivity contribution in [1.29, 1.82) is 0 Å². The van der Waals surface area contributed by atoms with Crippen LogP contribution >= 0.6 is 0 Å². The fourth-order valence-electron chi connectivity index (χ4n) is 1.16. The lowest BCUT2D eigenvalue weighted by Gasteiger charge is -2.02. The lowest BCUT2D eigenvalue weighted by molar-refractivity contribution is 0.0696. The summed E-state index contributed by atoms with van der Waals surface area (Å²) in [6, 6.07) is 3.59. The molecule has 15 heavy (non-hydrogen) atoms. The molecule has 76 valence electrons. The molecule has 2 rings (SSSR count). The molecule has 0 aliphatic heterocycles. The van der Waals surface area contributed by atoms with E-state index in [1.165, 1.54) is 29.2 Å². The molecule has 0 spiro atoms. The largest absolute Gasteiger partial charge is 0.478 e. The molecular weight excluding hydrogens is 201 g/mol. The third-order valence-electron chi connectivity index (χ3n) is 1.86. The van der Waals surface area contributed by atoms with Crippen LogP contribution in [0.15, 0.2) is 30.6 Å². The average Bonchev–Trinajstić information content (AvgIpc) is 2.70. The Kier molecular flexibility index (Phi) is 2.17. The second kappa shape index (κ2) is 3.49. The first kappa shape index (κ1) is 9.32. The Balaban J connectivity index is 2.48. The van der Waals surface area contributed by atoms with Crippen molar-refractivity contribution in [3.05, 3.63) is 42.0 Å². The molecule has 5 nitrogen and oxygen atoms in total. The van der Waals surface area contributed by atoms with Crippen molar-refractivity contribution < 1.29 is 14.3 Å². The number of aromatic nitrogens is 3. The van der Waals surface area contributed by atoms with E-state index in [4.69, 9.17) is 5.11 Å². The minimum Gasteiger partial charge on any atom is -0.478 e. The first-order valence-electron chi connectivity index (χ1n) is 4.08. The number of rotatable bonds is 2. The number of carboxylic acids is 1. The highest BCUT2D eigenvalue weighted by molar-refractivity contribution is 5.87. The van der Waals surface area contributed by atoms with Gasteiger partial charge >= 0.3 is 5.97 Å². The molecule has 2 aromatic rings. The molecule has 0 bridgehead atoms. The Morgan fingerprint density at radius 2 is 2.27 bits per heavy atom. The zero-order chi connectivity index (χ0) is 10.8. The summed E-state index contributed by atoms with van der Waals surface area (Å²) in [5.41, 5.74) is 0.0638. The number of aromatic carboxylic acids is 1. The number of hydrogen-bond donors (Lipinski definition) is 1. The molecule has 1 heterocycles. The minimum absolute atomic E-state index is 0.101. The van der Waals surface area contributed by atoms with Crippen molar-refractivity contribution in [1.82, 2.24) is 15.0 Å². The lowest BCUT2D eigenvalue weighted by atomic mass is 10.2. The Morgan fingerprint density at radius 1 is 1.47 bits per heavy atom. The molecule has 0 saturated heterocycles. The van der Waals surface area contributed by atoms with Gasteiger partial charge in [-0.15, -0.1) is 5.10 Å². The summed E-state index contributed by atoms with van der Waals surface area (Å²) in [6.07, 6.45) is 2.88. The predicted octanol–water partition coefficient (Wildman–Crippen LogP) is 1.10. The van der Waals surface area contributed by atoms with Gasteiger partial charge in [-0.3, -0.25) is 0 Å². The number of carboxylic acid groups (broad SMARTS) is 1. The first-order chi connectivity index (χ1) is 7.18. The molecule has 6 heteroatoms. The van der Waals surface area contributed by atoms with Gasteiger partial charge in [-0.1, -0.05) is 5.21 Å². The summed E-state index contributed by atoms with van der Waals surface area (Å²) in [5, 5.41) is 15.8. The summed E-state index contributed by atoms with van der Waals surface area (Å²) in [6.45, 7) is 0. The smallest absolute Gasteiger partial charge is 0.335 e. The Bertz CT molecular complexity index is 496. The van der Waals surface area contributed by atoms with Gasteiger partial charge in [0.25, 0.3) is 0 Å². The van der Waals surface area contributed by atoms with E-state index < -0.39 is 11.8 Å². The highest BCUT2D eigenvalue weighted by Gasteiger charge is 2.09. The molecule has 1 N–H and O–H groups in total. The fraction of sp³-hybridized carbons (Fsp3) is 0. The summed E-state index contributed by atoms with van der Waals surface area (Å²) >= 11 is 0. The van der Waals surface area contributed by atoms with Gasteiger partial charge in [-0.2, -0.15) is 0 Å². The number of benzene rings is 1. The maximum Gasteiger partial charge on any atom is 0.335 e. The van der Waals surface area contributed by atoms with Gasteiger partial charge in [-0.05, 0) is 18.2 Å². The Morgan fingerprint density at radius 3 is 2.80 bits per heavy atom. The van der Waals surface area contributed by atoms with E-state index in [0.29, 0.717) is 0 Å². The van der Waals surface area contributed by atoms with Crippen molar-refractivity contribution in [3.8, 4) is 5.69 Å². The number of nitrogens with zero attached hydrogens (tertiary/aromatic N) is 3. The lowest BCUT2D eigenvalue weighted by Crippen LogP contribution is -2.02. The molecule has 0 aliphatic carbocycles. The number of halogens is 1. The maximum absolute atomic E-state index is 13.4. The maximum atomic E-state index is 13.4. The molecule has 0 radical (unpaired) electrons. The van der Waals surface area contributed by atoms with Crippen LogP contribution in [0.4, 0.5) is 4.39 Å². The summed E-state index contributed by atoms with van der Waals surface area (Å²) in [7, 11) is 0. The van der Waals surface area contributed by atoms with Crippen LogP contribution in [-0.2, 0) is 0 Å². The average molecular weight is 207 g/mol. The van der Waals surface area contributed by atoms with E-state index in [0.717, 1.165) is 6.07 Å². The van der Waals surface area contributed by atoms with Crippen molar-refractivity contribution in [2.75, 3.05) is 0 Å². The van der Waals surface area contributed by atoms with E-state index in [9.17, 15) is 9.18 Å². The van der Waals surface area contributed by atoms with Crippen LogP contribution in [-0.4, -0.2) is 26.1 Å². The van der Waals surface area contributed by atoms with Crippen LogP contribution in [0, 0.1) is 5.82 Å². The second-order valence-electron chi connectivity index (χ2n) is 2.82. The molecule has 0 aliphatic rings. The van der Waals surface area contributed by atoms with Gasteiger partial charge in [0.15, 0.2) is 0 Å². The molecule has 1 aromatic carbocycles. The summed E-state index contributed by atoms with van der Waals surface area (Å²) < 4.78 is 14.6. The van der Waals surface area contributed by atoms with Crippen LogP contribution in [0.25, 0.3) is 5.69 Å². The van der Waals surface area contributed by atoms with Gasteiger partial charge in [0.1, 0.15) is 11.5 Å². The van der Waals surface area contributed by atoms with Gasteiger partial charge in [0, 0.05) is 0 Å². The zero-order valence-corrected chi connectivity index (χ0v) is 7.46. The number of hydrogen-bond acceptors (Lipinski definition) is 3. The van der Waals surface area contributed by atoms with Gasteiger partial charge in [0.05, 0.1) is 18.0 Å². The summed E-state index contributed by atoms with van der Waals surface area (Å²) in [4.78, 5) is 10.5. The normalized spacial score (nSPS) is 10.2. The van der Waals surface area contributed by atoms with Gasteiger partial charge < -0.3 is 5.11 Å². The fourth-order valence-corrected chi connectivity index (χ4v) is 1.16. The highest BCUT2D eigenvalue weighted by Crippen LogP contribution is 2.13. The second-order valence-corrected chi connectivity index (χ2v) is 2.82. The van der Waals surface area contributed by atoms with Crippen LogP contribution in [0.5, 0.6) is 0 Å². The van der Waals surface area contributed by atoms with E-state index in [1.54, 1.807) is 0 Å². The van der Waals surface area contributed by atoms with Crippen molar-refractivity contribution in [2.45, 2.75) is 0 Å². The molecule has 0 unspecified atom stereocenters. The third kappa shape index (κ3) is 1.69. The third-order valence-corrected chi connectivity index (χ3v) is 1.86. The van der Waals surface area contributed by atoms with E-state index in [1.807, 2.05) is 0 Å². The van der Waals surface area contributed by atoms with Crippen molar-refractivity contribution >= 4 is 5.97 Å². The van der Waals surface area contributed by atoms with Crippen LogP contribution < -0.4 is 0 Å². The van der Waals surface area contributed by atoms with E-state index in [-0.39, 0.29) is 11.3 Å². The quantitative estimate of drug-likeness (QED) is 0.800. The topological polar surface area (TPSA) is 68.0 Å². The molecule has 1 aromatic heterocycles. The van der Waals surface area contributed by atoms with Crippen molar-refractivity contribution in [2.24, 2.45) is 0 Å². The van der Waals surface area contributed by atoms with E-state index in [2.05, 4.69) is 10.3 Å². The van der Waals surface area contributed by atoms with E-state index >= 15 is 0 Å². The zero-order valence-electron chi connectivity index (χ0n) is 7.46. The minimum atomic E-state index is -1.17. The standard InChI is InChI=1S/C9H6FN3O2/c10-7-5-6(9(14)15)1-2-8(7)13-4-3-11-12-13/h1-5H,(H,14,15). The molecule has 0 fully saturated rings. The SMILES string of the molecule is O=C(O)c1ccc(-n2ccnn2)c(F)c1. The summed E-state index contributed by atoms with van der Waals surface area (Å²) in [5.74, 6) is -1.82.